The highest BCUT2D eigenvalue weighted by Crippen LogP contribution is 2.17. The molecular weight excluding hydrogens is 235 g/mol. The molecule has 4 nitrogen and oxygen atoms in total. The van der Waals surface area contributed by atoms with E-state index in [1.807, 2.05) is 6.92 Å². The van der Waals surface area contributed by atoms with Gasteiger partial charge in [0.15, 0.2) is 0 Å². The Morgan fingerprint density at radius 2 is 2.33 bits per heavy atom. The summed E-state index contributed by atoms with van der Waals surface area (Å²) >= 11 is 0. The monoisotopic (exact) mass is 252 g/mol. The van der Waals surface area contributed by atoms with Crippen LogP contribution in [0.5, 0.6) is 0 Å². The molecule has 0 aromatic carbocycles. The summed E-state index contributed by atoms with van der Waals surface area (Å²) in [4.78, 5) is 15.0. The molecule has 0 aliphatic rings. The third-order valence-electron chi connectivity index (χ3n) is 2.62. The van der Waals surface area contributed by atoms with Gasteiger partial charge in [-0.3, -0.25) is 4.79 Å². The quantitative estimate of drug-likeness (QED) is 0.762. The summed E-state index contributed by atoms with van der Waals surface area (Å²) in [5, 5.41) is 12.4. The van der Waals surface area contributed by atoms with Crippen molar-refractivity contribution < 1.29 is 14.3 Å². The predicted molar refractivity (Wildman–Crippen MR) is 65.3 cm³/mol. The number of rotatable bonds is 6. The van der Waals surface area contributed by atoms with Gasteiger partial charge < -0.3 is 10.4 Å². The molecule has 0 bridgehead atoms. The van der Waals surface area contributed by atoms with Crippen LogP contribution in [0.4, 0.5) is 10.1 Å². The first-order chi connectivity index (χ1) is 8.45. The molecule has 1 rings (SSSR count). The zero-order valence-electron chi connectivity index (χ0n) is 10.6. The SMILES string of the molecule is CCCCCC(C)(O)C(=O)Nc1c#cnc(F)c1. The zero-order valence-corrected chi connectivity index (χ0v) is 10.6. The molecule has 0 aliphatic heterocycles. The van der Waals surface area contributed by atoms with E-state index in [0.717, 1.165) is 25.3 Å². The summed E-state index contributed by atoms with van der Waals surface area (Å²) in [6.45, 7) is 3.48. The van der Waals surface area contributed by atoms with E-state index in [1.54, 1.807) is 0 Å². The Labute approximate surface area is 106 Å². The maximum atomic E-state index is 12.8. The van der Waals surface area contributed by atoms with Crippen molar-refractivity contribution in [1.29, 1.82) is 0 Å². The van der Waals surface area contributed by atoms with E-state index in [9.17, 15) is 14.3 Å². The minimum Gasteiger partial charge on any atom is -0.380 e. The molecule has 1 amide bonds. The van der Waals surface area contributed by atoms with Gasteiger partial charge in [-0.2, -0.15) is 9.37 Å². The standard InChI is InChI=1S/C13H17FN2O2/c1-3-4-5-7-13(2,18)12(17)16-10-6-8-15-11(14)9-10/h9,18H,3-5,7H2,1-2H3,(H,16,17). The maximum absolute atomic E-state index is 12.8. The molecule has 18 heavy (non-hydrogen) atoms. The first kappa shape index (κ1) is 14.4. The van der Waals surface area contributed by atoms with E-state index in [4.69, 9.17) is 0 Å². The van der Waals surface area contributed by atoms with E-state index in [1.165, 1.54) is 6.92 Å². The highest BCUT2D eigenvalue weighted by atomic mass is 19.1. The van der Waals surface area contributed by atoms with Crippen molar-refractivity contribution in [3.63, 3.8) is 0 Å². The molecular formula is C13H17FN2O2. The number of nitrogens with zero attached hydrogens (tertiary/aromatic N) is 1. The van der Waals surface area contributed by atoms with Crippen molar-refractivity contribution >= 4 is 11.6 Å². The number of aromatic nitrogens is 1. The normalized spacial score (nSPS) is 13.6. The van der Waals surface area contributed by atoms with Crippen LogP contribution in [-0.2, 0) is 4.79 Å². The Bertz CT molecular complexity index is 408. The molecule has 1 aromatic heterocycles. The van der Waals surface area contributed by atoms with Gasteiger partial charge in [-0.25, -0.2) is 0 Å². The van der Waals surface area contributed by atoms with Crippen molar-refractivity contribution in [3.8, 4) is 0 Å². The molecule has 0 saturated carbocycles. The number of hydrogen-bond donors (Lipinski definition) is 2. The van der Waals surface area contributed by atoms with Crippen molar-refractivity contribution in [1.82, 2.24) is 4.98 Å². The molecule has 5 heteroatoms. The van der Waals surface area contributed by atoms with Crippen molar-refractivity contribution in [2.24, 2.45) is 0 Å². The van der Waals surface area contributed by atoms with E-state index in [-0.39, 0.29) is 5.69 Å². The number of nitrogens with one attached hydrogen (secondary N) is 1. The molecule has 0 spiro atoms. The minimum atomic E-state index is -1.47. The van der Waals surface area contributed by atoms with Crippen LogP contribution >= 0.6 is 0 Å². The fourth-order valence-corrected chi connectivity index (χ4v) is 1.49. The number of unbranched alkanes of at least 4 members (excludes halogenated alkanes) is 2. The highest BCUT2D eigenvalue weighted by molar-refractivity contribution is 5.96. The van der Waals surface area contributed by atoms with Crippen molar-refractivity contribution in [2.45, 2.75) is 45.1 Å². The summed E-state index contributed by atoms with van der Waals surface area (Å²) < 4.78 is 12.8. The van der Waals surface area contributed by atoms with Gasteiger partial charge in [0.05, 0.1) is 5.69 Å². The fraction of sp³-hybridized carbons (Fsp3) is 0.538. The third kappa shape index (κ3) is 4.30. The number of halogens is 1. The molecule has 0 saturated heterocycles. The highest BCUT2D eigenvalue weighted by Gasteiger charge is 2.29. The second-order valence-corrected chi connectivity index (χ2v) is 4.41. The summed E-state index contributed by atoms with van der Waals surface area (Å²) in [6.07, 6.45) is 5.28. The second kappa shape index (κ2) is 6.31. The van der Waals surface area contributed by atoms with E-state index in [0.29, 0.717) is 6.42 Å². The largest absolute Gasteiger partial charge is 0.380 e. The second-order valence-electron chi connectivity index (χ2n) is 4.41. The number of hydrogen-bond acceptors (Lipinski definition) is 3. The van der Waals surface area contributed by atoms with Gasteiger partial charge in [0.25, 0.3) is 5.91 Å². The lowest BCUT2D eigenvalue weighted by molar-refractivity contribution is -0.133. The van der Waals surface area contributed by atoms with Gasteiger partial charge >= 0.3 is 0 Å². The number of carbonyl (C=O) groups excluding carboxylic acids is 1. The van der Waals surface area contributed by atoms with E-state index in [2.05, 4.69) is 22.6 Å². The van der Waals surface area contributed by atoms with Crippen LogP contribution in [0.15, 0.2) is 6.07 Å². The lowest BCUT2D eigenvalue weighted by Gasteiger charge is -2.21. The van der Waals surface area contributed by atoms with Gasteiger partial charge in [-0.15, -0.1) is 0 Å². The van der Waals surface area contributed by atoms with Crippen LogP contribution < -0.4 is 5.32 Å². The maximum Gasteiger partial charge on any atom is 0.256 e. The topological polar surface area (TPSA) is 62.2 Å². The van der Waals surface area contributed by atoms with Crippen LogP contribution in [-0.4, -0.2) is 21.6 Å². The lowest BCUT2D eigenvalue weighted by Crippen LogP contribution is -2.39. The summed E-state index contributed by atoms with van der Waals surface area (Å²) in [7, 11) is 0. The summed E-state index contributed by atoms with van der Waals surface area (Å²) in [5.74, 6) is -1.33. The molecule has 0 aliphatic carbocycles. The van der Waals surface area contributed by atoms with Gasteiger partial charge in [0.1, 0.15) is 5.60 Å². The van der Waals surface area contributed by atoms with Crippen molar-refractivity contribution in [2.75, 3.05) is 5.32 Å². The Kier molecular flexibility index (Phi) is 5.05. The van der Waals surface area contributed by atoms with Crippen LogP contribution in [0.3, 0.4) is 0 Å². The molecule has 0 radical (unpaired) electrons. The van der Waals surface area contributed by atoms with Gasteiger partial charge in [-0.1, -0.05) is 26.2 Å². The Hall–Kier alpha value is -1.67. The van der Waals surface area contributed by atoms with Crippen LogP contribution in [0.2, 0.25) is 0 Å². The third-order valence-corrected chi connectivity index (χ3v) is 2.62. The first-order valence-corrected chi connectivity index (χ1v) is 5.95. The Morgan fingerprint density at radius 1 is 1.61 bits per heavy atom. The molecule has 2 N–H and O–H groups in total. The Balaban J connectivity index is 2.58. The van der Waals surface area contributed by atoms with Crippen LogP contribution in [0, 0.1) is 18.2 Å². The first-order valence-electron chi connectivity index (χ1n) is 5.95. The lowest BCUT2D eigenvalue weighted by atomic mass is 9.97. The Morgan fingerprint density at radius 3 is 2.94 bits per heavy atom. The van der Waals surface area contributed by atoms with Gasteiger partial charge in [-0.05, 0) is 19.4 Å². The van der Waals surface area contributed by atoms with Gasteiger partial charge in [0.2, 0.25) is 5.95 Å². The smallest absolute Gasteiger partial charge is 0.256 e. The van der Waals surface area contributed by atoms with E-state index < -0.39 is 17.5 Å². The predicted octanol–water partition coefficient (Wildman–Crippen LogP) is 2.09. The average molecular weight is 252 g/mol. The molecule has 1 aromatic rings. The summed E-state index contributed by atoms with van der Waals surface area (Å²) in [6, 6.07) is 3.48. The molecule has 0 fully saturated rings. The molecule has 98 valence electrons. The number of aliphatic hydroxyl groups is 1. The minimum absolute atomic E-state index is 0.114. The fourth-order valence-electron chi connectivity index (χ4n) is 1.49. The molecule has 1 unspecified atom stereocenters. The molecule has 1 heterocycles. The number of carbonyl (C=O) groups is 1. The number of amides is 1. The summed E-state index contributed by atoms with van der Waals surface area (Å²) in [5.41, 5.74) is -1.36. The van der Waals surface area contributed by atoms with Gasteiger partial charge in [0, 0.05) is 12.3 Å². The van der Waals surface area contributed by atoms with E-state index >= 15 is 0 Å². The zero-order chi connectivity index (χ0) is 13.6. The number of anilines is 1. The van der Waals surface area contributed by atoms with Crippen LogP contribution in [0.1, 0.15) is 39.5 Å². The average Bonchev–Trinajstić information content (AvgIpc) is 2.29. The van der Waals surface area contributed by atoms with Crippen molar-refractivity contribution in [3.05, 3.63) is 24.3 Å². The van der Waals surface area contributed by atoms with Crippen LogP contribution in [0.25, 0.3) is 0 Å². The molecule has 1 atom stereocenters.